The van der Waals surface area contributed by atoms with Crippen LogP contribution in [0.3, 0.4) is 0 Å². The predicted molar refractivity (Wildman–Crippen MR) is 177 cm³/mol. The first-order chi connectivity index (χ1) is 23.5. The van der Waals surface area contributed by atoms with Crippen LogP contribution in [-0.4, -0.2) is 73.1 Å². The number of aromatic amines is 1. The number of imidazole rings is 1. The molecule has 242 valence electrons. The maximum atomic E-state index is 12.7. The van der Waals surface area contributed by atoms with Crippen molar-refractivity contribution in [1.29, 1.82) is 0 Å². The van der Waals surface area contributed by atoms with Crippen LogP contribution in [0.15, 0.2) is 89.0 Å². The smallest absolute Gasteiger partial charge is 0.330 e. The third-order valence-electron chi connectivity index (χ3n) is 8.85. The van der Waals surface area contributed by atoms with Gasteiger partial charge in [-0.3, -0.25) is 29.0 Å². The average molecular weight is 646 g/mol. The van der Waals surface area contributed by atoms with Gasteiger partial charge in [0.15, 0.2) is 0 Å². The first-order valence-corrected chi connectivity index (χ1v) is 15.8. The number of fused-ring (bicyclic) bond motifs is 6. The van der Waals surface area contributed by atoms with Crippen molar-refractivity contribution in [2.24, 2.45) is 0 Å². The molecular weight excluding hydrogens is 614 g/mol. The molecule has 0 bridgehead atoms. The molecule has 1 aliphatic rings. The summed E-state index contributed by atoms with van der Waals surface area (Å²) in [5.74, 6) is 0.869. The van der Waals surface area contributed by atoms with E-state index >= 15 is 0 Å². The summed E-state index contributed by atoms with van der Waals surface area (Å²) in [7, 11) is 0. The molecule has 14 heteroatoms. The van der Waals surface area contributed by atoms with Crippen LogP contribution < -0.4 is 11.2 Å². The molecule has 0 aliphatic carbocycles. The molecule has 8 rings (SSSR count). The van der Waals surface area contributed by atoms with Crippen molar-refractivity contribution in [3.05, 3.63) is 100 Å². The highest BCUT2D eigenvalue weighted by molar-refractivity contribution is 6.21. The fraction of sp³-hybridized carbons (Fsp3) is 0.265. The Morgan fingerprint density at radius 2 is 1.65 bits per heavy atom. The topological polar surface area (TPSA) is 179 Å². The molecule has 6 heterocycles. The molecule has 0 radical (unpaired) electrons. The Bertz CT molecular complexity index is 2400. The van der Waals surface area contributed by atoms with Gasteiger partial charge in [-0.1, -0.05) is 35.5 Å². The Morgan fingerprint density at radius 3 is 2.42 bits per heavy atom. The number of pyridine rings is 2. The van der Waals surface area contributed by atoms with Crippen LogP contribution in [0.2, 0.25) is 0 Å². The number of rotatable bonds is 9. The summed E-state index contributed by atoms with van der Waals surface area (Å²) in [6.45, 7) is 0.845. The number of unbranched alkanes of at least 4 members (excludes halogenated alkanes) is 1. The number of ether oxygens (including phenoxy) is 1. The Balaban J connectivity index is 1.06. The SMILES string of the molecule is O=c1[nH]c(=O)n([C@@H]2C[C@@H](O)C(CO)O2)cc1-c1cn(CCCCn2c(-c3ccccc3)nc3c4cccnc4c4ncccc4c32)nn1. The Morgan fingerprint density at radius 1 is 0.896 bits per heavy atom. The number of aliphatic hydroxyl groups excluding tert-OH is 2. The van der Waals surface area contributed by atoms with Gasteiger partial charge in [-0.2, -0.15) is 0 Å². The highest BCUT2D eigenvalue weighted by Crippen LogP contribution is 2.36. The van der Waals surface area contributed by atoms with Crippen LogP contribution in [0.4, 0.5) is 0 Å². The molecule has 0 amide bonds. The molecule has 2 aromatic carbocycles. The normalized spacial score (nSPS) is 18.0. The lowest BCUT2D eigenvalue weighted by molar-refractivity contribution is -0.0458. The molecule has 7 aromatic rings. The maximum absolute atomic E-state index is 12.7. The molecule has 3 atom stereocenters. The number of hydrogen-bond acceptors (Lipinski definition) is 10. The molecule has 5 aromatic heterocycles. The largest absolute Gasteiger partial charge is 0.394 e. The van der Waals surface area contributed by atoms with Crippen molar-refractivity contribution in [2.45, 2.75) is 50.8 Å². The van der Waals surface area contributed by atoms with Crippen LogP contribution in [0.1, 0.15) is 25.5 Å². The van der Waals surface area contributed by atoms with Gasteiger partial charge in [0.1, 0.15) is 23.9 Å². The Kier molecular flexibility index (Phi) is 7.59. The molecular formula is C34H31N9O5. The lowest BCUT2D eigenvalue weighted by Gasteiger charge is -2.14. The minimum Gasteiger partial charge on any atom is -0.394 e. The van der Waals surface area contributed by atoms with Crippen molar-refractivity contribution < 1.29 is 14.9 Å². The summed E-state index contributed by atoms with van der Waals surface area (Å²) in [5.41, 5.74) is 3.73. The van der Waals surface area contributed by atoms with Gasteiger partial charge in [0, 0.05) is 54.4 Å². The minimum atomic E-state index is -0.932. The van der Waals surface area contributed by atoms with E-state index in [1.807, 2.05) is 36.4 Å². The van der Waals surface area contributed by atoms with Crippen LogP contribution in [-0.2, 0) is 17.8 Å². The van der Waals surface area contributed by atoms with E-state index in [4.69, 9.17) is 14.7 Å². The summed E-state index contributed by atoms with van der Waals surface area (Å²) in [6, 6.07) is 18.1. The summed E-state index contributed by atoms with van der Waals surface area (Å²) >= 11 is 0. The zero-order valence-electron chi connectivity index (χ0n) is 25.7. The van der Waals surface area contributed by atoms with E-state index in [0.717, 1.165) is 57.1 Å². The number of benzene rings is 2. The second-order valence-electron chi connectivity index (χ2n) is 11.8. The van der Waals surface area contributed by atoms with Gasteiger partial charge in [-0.05, 0) is 37.1 Å². The van der Waals surface area contributed by atoms with E-state index in [2.05, 4.69) is 43.0 Å². The number of nitrogens with zero attached hydrogens (tertiary/aromatic N) is 8. The van der Waals surface area contributed by atoms with Crippen LogP contribution in [0, 0.1) is 0 Å². The lowest BCUT2D eigenvalue weighted by atomic mass is 10.1. The summed E-state index contributed by atoms with van der Waals surface area (Å²) in [6.07, 6.45) is 5.67. The zero-order chi connectivity index (χ0) is 32.8. The average Bonchev–Trinajstić information content (AvgIpc) is 3.84. The van der Waals surface area contributed by atoms with Crippen molar-refractivity contribution in [2.75, 3.05) is 6.61 Å². The van der Waals surface area contributed by atoms with E-state index < -0.39 is 29.7 Å². The van der Waals surface area contributed by atoms with Gasteiger partial charge in [-0.15, -0.1) is 5.10 Å². The van der Waals surface area contributed by atoms with Crippen LogP contribution in [0.5, 0.6) is 0 Å². The Hall–Kier alpha value is -5.57. The van der Waals surface area contributed by atoms with Crippen molar-refractivity contribution >= 4 is 32.8 Å². The zero-order valence-corrected chi connectivity index (χ0v) is 25.7. The van der Waals surface area contributed by atoms with E-state index in [9.17, 15) is 19.8 Å². The minimum absolute atomic E-state index is 0.0981. The molecule has 0 saturated carbocycles. The highest BCUT2D eigenvalue weighted by Gasteiger charge is 2.35. The third kappa shape index (κ3) is 5.15. The van der Waals surface area contributed by atoms with Gasteiger partial charge >= 0.3 is 5.69 Å². The quantitative estimate of drug-likeness (QED) is 0.156. The monoisotopic (exact) mass is 645 g/mol. The number of H-pyrrole nitrogens is 1. The number of aromatic nitrogens is 9. The van der Waals surface area contributed by atoms with Gasteiger partial charge < -0.3 is 19.5 Å². The summed E-state index contributed by atoms with van der Waals surface area (Å²) < 4.78 is 10.8. The lowest BCUT2D eigenvalue weighted by Crippen LogP contribution is -2.33. The van der Waals surface area contributed by atoms with Gasteiger partial charge in [0.05, 0.1) is 46.5 Å². The van der Waals surface area contributed by atoms with Crippen molar-refractivity contribution in [3.8, 4) is 22.6 Å². The summed E-state index contributed by atoms with van der Waals surface area (Å²) in [4.78, 5) is 42.1. The van der Waals surface area contributed by atoms with Gasteiger partial charge in [0.2, 0.25) is 0 Å². The number of aryl methyl sites for hydroxylation is 2. The second kappa shape index (κ2) is 12.2. The number of hydrogen-bond donors (Lipinski definition) is 3. The molecule has 1 fully saturated rings. The van der Waals surface area contributed by atoms with Crippen LogP contribution in [0.25, 0.3) is 55.5 Å². The van der Waals surface area contributed by atoms with Gasteiger partial charge in [0.25, 0.3) is 5.56 Å². The molecule has 1 aliphatic heterocycles. The van der Waals surface area contributed by atoms with Gasteiger partial charge in [-0.25, -0.2) is 9.78 Å². The standard InChI is InChI=1S/C34H31N9O5/c44-19-26-25(45)16-27(48-26)43-17-23(33(46)38-34(43)47)24-18-41(40-39-24)14-4-5-15-42-31-22-11-7-13-36-29(22)28-21(10-6-12-35-28)30(31)37-32(42)20-8-2-1-3-9-20/h1-3,6-13,17-18,25-27,44-45H,4-5,14-16,19H2,(H,38,46,47)/t25-,26?,27+/m1/s1. The molecule has 0 spiro atoms. The Labute approximate surface area is 271 Å². The third-order valence-corrected chi connectivity index (χ3v) is 8.85. The number of aliphatic hydroxyl groups is 2. The summed E-state index contributed by atoms with van der Waals surface area (Å²) in [5, 5.41) is 29.9. The first-order valence-electron chi connectivity index (χ1n) is 15.8. The molecule has 3 N–H and O–H groups in total. The highest BCUT2D eigenvalue weighted by atomic mass is 16.5. The predicted octanol–water partition coefficient (Wildman–Crippen LogP) is 3.03. The van der Waals surface area contributed by atoms with E-state index in [1.54, 1.807) is 23.3 Å². The second-order valence-corrected chi connectivity index (χ2v) is 11.8. The van der Waals surface area contributed by atoms with E-state index in [0.29, 0.717) is 18.8 Å². The fourth-order valence-corrected chi connectivity index (χ4v) is 6.52. The van der Waals surface area contributed by atoms with Crippen LogP contribution >= 0.6 is 0 Å². The maximum Gasteiger partial charge on any atom is 0.330 e. The van der Waals surface area contributed by atoms with E-state index in [1.165, 1.54) is 10.8 Å². The van der Waals surface area contributed by atoms with E-state index in [-0.39, 0.29) is 18.6 Å². The molecule has 48 heavy (non-hydrogen) atoms. The first kappa shape index (κ1) is 29.8. The molecule has 14 nitrogen and oxygen atoms in total. The van der Waals surface area contributed by atoms with Crippen molar-refractivity contribution in [1.82, 2.24) is 44.1 Å². The van der Waals surface area contributed by atoms with Crippen molar-refractivity contribution in [3.63, 3.8) is 0 Å². The fourth-order valence-electron chi connectivity index (χ4n) is 6.52. The molecule has 1 unspecified atom stereocenters. The number of nitrogens with one attached hydrogen (secondary N) is 1. The molecule has 1 saturated heterocycles.